The molecule has 2 nitrogen and oxygen atoms in total. The lowest BCUT2D eigenvalue weighted by atomic mass is 10.2. The van der Waals surface area contributed by atoms with Gasteiger partial charge in [0.2, 0.25) is 0 Å². The van der Waals surface area contributed by atoms with Gasteiger partial charge in [-0.2, -0.15) is 17.0 Å². The summed E-state index contributed by atoms with van der Waals surface area (Å²) in [6.07, 6.45) is 7.83. The molecule has 0 heterocycles. The molecule has 0 atom stereocenters. The van der Waals surface area contributed by atoms with Gasteiger partial charge in [-0.1, -0.05) is 12.5 Å². The molecule has 4 heteroatoms. The molecule has 18 heavy (non-hydrogen) atoms. The van der Waals surface area contributed by atoms with Crippen LogP contribution in [0.15, 0.2) is 23.1 Å². The Kier molecular flexibility index (Phi) is 7.79. The zero-order valence-corrected chi connectivity index (χ0v) is 12.7. The molecule has 98 valence electrons. The molecule has 0 aliphatic heterocycles. The van der Waals surface area contributed by atoms with E-state index in [4.69, 9.17) is 0 Å². The van der Waals surface area contributed by atoms with E-state index in [0.29, 0.717) is 0 Å². The summed E-state index contributed by atoms with van der Waals surface area (Å²) >= 11 is 3.52. The molecule has 1 aromatic carbocycles. The zero-order chi connectivity index (χ0) is 13.2. The van der Waals surface area contributed by atoms with Crippen molar-refractivity contribution in [3.63, 3.8) is 0 Å². The third-order valence-corrected chi connectivity index (χ3v) is 4.18. The quantitative estimate of drug-likeness (QED) is 0.571. The number of hydrogen-bond acceptors (Lipinski definition) is 4. The molecular formula is C14H20N2S2. The van der Waals surface area contributed by atoms with Crippen LogP contribution in [0.25, 0.3) is 0 Å². The molecule has 0 radical (unpaired) electrons. The molecule has 1 N–H and O–H groups in total. The minimum Gasteiger partial charge on any atom is -0.384 e. The van der Waals surface area contributed by atoms with Crippen molar-refractivity contribution in [3.8, 4) is 6.07 Å². The molecule has 0 spiro atoms. The van der Waals surface area contributed by atoms with Crippen molar-refractivity contribution in [1.29, 1.82) is 5.26 Å². The Hall–Kier alpha value is -0.790. The summed E-state index contributed by atoms with van der Waals surface area (Å²) < 4.78 is 0. The van der Waals surface area contributed by atoms with Gasteiger partial charge in [0.1, 0.15) is 6.07 Å². The van der Waals surface area contributed by atoms with Crippen LogP contribution in [-0.2, 0) is 0 Å². The predicted molar refractivity (Wildman–Crippen MR) is 83.7 cm³/mol. The maximum Gasteiger partial charge on any atom is 0.102 e. The molecule has 0 unspecified atom stereocenters. The summed E-state index contributed by atoms with van der Waals surface area (Å²) in [5, 5.41) is 12.6. The molecule has 0 saturated heterocycles. The monoisotopic (exact) mass is 280 g/mol. The van der Waals surface area contributed by atoms with Crippen molar-refractivity contribution in [3.05, 3.63) is 23.8 Å². The number of hydrogen-bond donors (Lipinski definition) is 1. The highest BCUT2D eigenvalue weighted by Gasteiger charge is 2.06. The standard InChI is InChI=1S/C14H20N2S2/c1-17-10-5-3-4-9-16-13-7-6-8-14(18-2)12(13)11-15/h6-8,16H,3-5,9-10H2,1-2H3. The van der Waals surface area contributed by atoms with Crippen molar-refractivity contribution in [2.24, 2.45) is 0 Å². The van der Waals surface area contributed by atoms with Gasteiger partial charge in [0.25, 0.3) is 0 Å². The molecule has 0 aliphatic rings. The summed E-state index contributed by atoms with van der Waals surface area (Å²) in [4.78, 5) is 1.05. The van der Waals surface area contributed by atoms with Crippen LogP contribution in [0.5, 0.6) is 0 Å². The lowest BCUT2D eigenvalue weighted by Crippen LogP contribution is -2.03. The molecule has 0 amide bonds. The summed E-state index contributed by atoms with van der Waals surface area (Å²) in [6.45, 7) is 0.945. The van der Waals surface area contributed by atoms with E-state index in [9.17, 15) is 5.26 Å². The average Bonchev–Trinajstić information content (AvgIpc) is 2.42. The number of thioether (sulfide) groups is 2. The van der Waals surface area contributed by atoms with Gasteiger partial charge in [0.15, 0.2) is 0 Å². The van der Waals surface area contributed by atoms with E-state index in [1.54, 1.807) is 11.8 Å². The van der Waals surface area contributed by atoms with Gasteiger partial charge in [-0.25, -0.2) is 0 Å². The molecule has 0 aromatic heterocycles. The van der Waals surface area contributed by atoms with Crippen LogP contribution in [0.4, 0.5) is 5.69 Å². The highest BCUT2D eigenvalue weighted by Crippen LogP contribution is 2.26. The van der Waals surface area contributed by atoms with Gasteiger partial charge in [-0.3, -0.25) is 0 Å². The first-order chi connectivity index (χ1) is 8.83. The maximum atomic E-state index is 9.20. The third kappa shape index (κ3) is 4.83. The lowest BCUT2D eigenvalue weighted by Gasteiger charge is -2.10. The number of nitrogens with zero attached hydrogens (tertiary/aromatic N) is 1. The average molecular weight is 280 g/mol. The molecule has 0 fully saturated rings. The molecule has 0 bridgehead atoms. The Morgan fingerprint density at radius 3 is 2.72 bits per heavy atom. The van der Waals surface area contributed by atoms with Gasteiger partial charge in [0, 0.05) is 11.4 Å². The molecule has 0 aliphatic carbocycles. The fraction of sp³-hybridized carbons (Fsp3) is 0.500. The van der Waals surface area contributed by atoms with E-state index in [2.05, 4.69) is 17.6 Å². The second-order valence-corrected chi connectivity index (χ2v) is 5.81. The number of rotatable bonds is 8. The van der Waals surface area contributed by atoms with Crippen molar-refractivity contribution < 1.29 is 0 Å². The highest BCUT2D eigenvalue weighted by molar-refractivity contribution is 7.98. The minimum atomic E-state index is 0.772. The van der Waals surface area contributed by atoms with E-state index in [0.717, 1.165) is 29.1 Å². The highest BCUT2D eigenvalue weighted by atomic mass is 32.2. The summed E-state index contributed by atoms with van der Waals surface area (Å²) in [6, 6.07) is 8.27. The Labute approximate surface area is 119 Å². The first kappa shape index (κ1) is 15.3. The van der Waals surface area contributed by atoms with Crippen molar-refractivity contribution in [2.45, 2.75) is 24.2 Å². The Bertz CT molecular complexity index is 399. The van der Waals surface area contributed by atoms with E-state index < -0.39 is 0 Å². The smallest absolute Gasteiger partial charge is 0.102 e. The van der Waals surface area contributed by atoms with Crippen molar-refractivity contribution in [2.75, 3.05) is 30.1 Å². The third-order valence-electron chi connectivity index (χ3n) is 2.70. The van der Waals surface area contributed by atoms with Crippen LogP contribution in [0.2, 0.25) is 0 Å². The predicted octanol–water partition coefficient (Wildman–Crippen LogP) is 4.23. The van der Waals surface area contributed by atoms with Crippen LogP contribution < -0.4 is 5.32 Å². The summed E-state index contributed by atoms with van der Waals surface area (Å²) in [5.41, 5.74) is 1.74. The molecule has 1 aromatic rings. The van der Waals surface area contributed by atoms with Gasteiger partial charge >= 0.3 is 0 Å². The van der Waals surface area contributed by atoms with Gasteiger partial charge < -0.3 is 5.32 Å². The second kappa shape index (κ2) is 9.18. The second-order valence-electron chi connectivity index (χ2n) is 3.97. The van der Waals surface area contributed by atoms with Crippen LogP contribution in [0.3, 0.4) is 0 Å². The molecule has 0 saturated carbocycles. The molecule has 1 rings (SSSR count). The number of anilines is 1. The first-order valence-corrected chi connectivity index (χ1v) is 8.75. The van der Waals surface area contributed by atoms with Gasteiger partial charge in [-0.05, 0) is 43.2 Å². The van der Waals surface area contributed by atoms with E-state index in [1.165, 1.54) is 18.6 Å². The van der Waals surface area contributed by atoms with Crippen LogP contribution in [-0.4, -0.2) is 24.8 Å². The Morgan fingerprint density at radius 1 is 1.22 bits per heavy atom. The van der Waals surface area contributed by atoms with Crippen LogP contribution >= 0.6 is 23.5 Å². The largest absolute Gasteiger partial charge is 0.384 e. The number of benzene rings is 1. The minimum absolute atomic E-state index is 0.772. The Morgan fingerprint density at radius 2 is 2.06 bits per heavy atom. The van der Waals surface area contributed by atoms with E-state index in [1.807, 2.05) is 36.2 Å². The SMILES string of the molecule is CSCCCCCNc1cccc(SC)c1C#N. The number of unbranched alkanes of at least 4 members (excludes halogenated alkanes) is 2. The van der Waals surface area contributed by atoms with E-state index >= 15 is 0 Å². The first-order valence-electron chi connectivity index (χ1n) is 6.13. The van der Waals surface area contributed by atoms with Gasteiger partial charge in [0.05, 0.1) is 11.3 Å². The summed E-state index contributed by atoms with van der Waals surface area (Å²) in [5.74, 6) is 1.24. The normalized spacial score (nSPS) is 10.1. The summed E-state index contributed by atoms with van der Waals surface area (Å²) in [7, 11) is 0. The lowest BCUT2D eigenvalue weighted by molar-refractivity contribution is 0.749. The zero-order valence-electron chi connectivity index (χ0n) is 11.0. The van der Waals surface area contributed by atoms with Crippen molar-refractivity contribution in [1.82, 2.24) is 0 Å². The van der Waals surface area contributed by atoms with Gasteiger partial charge in [-0.15, -0.1) is 11.8 Å². The number of nitriles is 1. The maximum absolute atomic E-state index is 9.20. The van der Waals surface area contributed by atoms with Crippen LogP contribution in [0.1, 0.15) is 24.8 Å². The Balaban J connectivity index is 2.45. The van der Waals surface area contributed by atoms with E-state index in [-0.39, 0.29) is 0 Å². The molecular weight excluding hydrogens is 260 g/mol. The van der Waals surface area contributed by atoms with Crippen LogP contribution in [0, 0.1) is 11.3 Å². The number of nitrogens with one attached hydrogen (secondary N) is 1. The van der Waals surface area contributed by atoms with Crippen molar-refractivity contribution >= 4 is 29.2 Å². The topological polar surface area (TPSA) is 35.8 Å². The fourth-order valence-electron chi connectivity index (χ4n) is 1.74. The fourth-order valence-corrected chi connectivity index (χ4v) is 2.80.